The van der Waals surface area contributed by atoms with Crippen molar-refractivity contribution in [3.63, 3.8) is 0 Å². The van der Waals surface area contributed by atoms with Gasteiger partial charge in [-0.3, -0.25) is 0 Å². The van der Waals surface area contributed by atoms with Crippen LogP contribution in [0.5, 0.6) is 23.0 Å². The molecular formula is C15H10O6. The van der Waals surface area contributed by atoms with Crippen LogP contribution in [-0.4, -0.2) is 20.4 Å². The molecule has 3 aromatic rings. The van der Waals surface area contributed by atoms with Crippen LogP contribution in [0.1, 0.15) is 0 Å². The normalized spacial score (nSPS) is 10.9. The van der Waals surface area contributed by atoms with E-state index in [4.69, 9.17) is 4.42 Å². The molecule has 6 heteroatoms. The third-order valence-corrected chi connectivity index (χ3v) is 3.10. The third kappa shape index (κ3) is 2.12. The van der Waals surface area contributed by atoms with Crippen LogP contribution in [0.2, 0.25) is 0 Å². The van der Waals surface area contributed by atoms with Crippen LogP contribution in [-0.2, 0) is 0 Å². The number of benzene rings is 2. The van der Waals surface area contributed by atoms with E-state index in [1.54, 1.807) is 6.07 Å². The zero-order chi connectivity index (χ0) is 15.1. The molecule has 0 radical (unpaired) electrons. The van der Waals surface area contributed by atoms with Crippen molar-refractivity contribution in [2.45, 2.75) is 0 Å². The van der Waals surface area contributed by atoms with Crippen LogP contribution in [0.15, 0.2) is 45.6 Å². The standard InChI is InChI=1S/C15H10O6/c16-9-2-1-7-3-10(15(20)21-13(7)6-9)8-4-11(17)14(19)12(18)5-8/h1-6,16-19H. The van der Waals surface area contributed by atoms with Gasteiger partial charge in [0.25, 0.3) is 0 Å². The van der Waals surface area contributed by atoms with Gasteiger partial charge < -0.3 is 24.8 Å². The van der Waals surface area contributed by atoms with Gasteiger partial charge in [0.05, 0.1) is 5.56 Å². The highest BCUT2D eigenvalue weighted by molar-refractivity contribution is 5.83. The zero-order valence-electron chi connectivity index (χ0n) is 10.6. The van der Waals surface area contributed by atoms with Crippen molar-refractivity contribution in [3.8, 4) is 34.1 Å². The first-order chi connectivity index (χ1) is 9.95. The van der Waals surface area contributed by atoms with Gasteiger partial charge in [0, 0.05) is 11.5 Å². The molecule has 2 aromatic carbocycles. The number of aromatic hydroxyl groups is 4. The summed E-state index contributed by atoms with van der Waals surface area (Å²) in [5.74, 6) is -1.78. The smallest absolute Gasteiger partial charge is 0.344 e. The molecule has 0 aliphatic carbocycles. The molecule has 3 rings (SSSR count). The molecule has 21 heavy (non-hydrogen) atoms. The Morgan fingerprint density at radius 2 is 1.52 bits per heavy atom. The Kier molecular flexibility index (Phi) is 2.72. The first-order valence-electron chi connectivity index (χ1n) is 5.98. The molecule has 4 N–H and O–H groups in total. The Hall–Kier alpha value is -3.15. The van der Waals surface area contributed by atoms with E-state index in [2.05, 4.69) is 0 Å². The van der Waals surface area contributed by atoms with Gasteiger partial charge in [0.1, 0.15) is 11.3 Å². The molecule has 1 aromatic heterocycles. The van der Waals surface area contributed by atoms with Crippen molar-refractivity contribution >= 4 is 11.0 Å². The topological polar surface area (TPSA) is 111 Å². The number of fused-ring (bicyclic) bond motifs is 1. The molecule has 0 bridgehead atoms. The summed E-state index contributed by atoms with van der Waals surface area (Å²) in [5, 5.41) is 38.3. The minimum Gasteiger partial charge on any atom is -0.508 e. The van der Waals surface area contributed by atoms with Gasteiger partial charge in [-0.1, -0.05) is 0 Å². The van der Waals surface area contributed by atoms with Crippen LogP contribution >= 0.6 is 0 Å². The fourth-order valence-corrected chi connectivity index (χ4v) is 2.06. The zero-order valence-corrected chi connectivity index (χ0v) is 10.6. The highest BCUT2D eigenvalue weighted by Gasteiger charge is 2.13. The SMILES string of the molecule is O=c1oc2cc(O)ccc2cc1-c1cc(O)c(O)c(O)c1. The fourth-order valence-electron chi connectivity index (χ4n) is 2.06. The number of phenolic OH excluding ortho intramolecular Hbond substituents is 4. The average Bonchev–Trinajstić information content (AvgIpc) is 2.43. The molecule has 1 heterocycles. The van der Waals surface area contributed by atoms with E-state index in [0.717, 1.165) is 12.1 Å². The molecule has 0 fully saturated rings. The summed E-state index contributed by atoms with van der Waals surface area (Å²) in [6.07, 6.45) is 0. The van der Waals surface area contributed by atoms with Gasteiger partial charge in [-0.05, 0) is 35.9 Å². The first kappa shape index (κ1) is 12.9. The number of hydrogen-bond acceptors (Lipinski definition) is 6. The lowest BCUT2D eigenvalue weighted by Crippen LogP contribution is -2.02. The molecule has 0 saturated heterocycles. The molecule has 0 amide bonds. The molecule has 0 spiro atoms. The van der Waals surface area contributed by atoms with Gasteiger partial charge in [-0.2, -0.15) is 0 Å². The summed E-state index contributed by atoms with van der Waals surface area (Å²) in [6, 6.07) is 8.12. The van der Waals surface area contributed by atoms with Crippen LogP contribution in [0.4, 0.5) is 0 Å². The molecule has 106 valence electrons. The van der Waals surface area contributed by atoms with Gasteiger partial charge in [0.2, 0.25) is 0 Å². The Balaban J connectivity index is 2.28. The van der Waals surface area contributed by atoms with E-state index in [1.807, 2.05) is 0 Å². The van der Waals surface area contributed by atoms with Crippen LogP contribution in [0.25, 0.3) is 22.1 Å². The lowest BCUT2D eigenvalue weighted by Gasteiger charge is -2.06. The summed E-state index contributed by atoms with van der Waals surface area (Å²) in [6.45, 7) is 0. The van der Waals surface area contributed by atoms with Crippen LogP contribution < -0.4 is 5.63 Å². The molecular weight excluding hydrogens is 276 g/mol. The lowest BCUT2D eigenvalue weighted by atomic mass is 10.0. The maximum absolute atomic E-state index is 12.0. The van der Waals surface area contributed by atoms with Crippen molar-refractivity contribution in [1.29, 1.82) is 0 Å². The van der Waals surface area contributed by atoms with E-state index in [1.165, 1.54) is 18.2 Å². The Morgan fingerprint density at radius 1 is 0.857 bits per heavy atom. The molecule has 0 aliphatic heterocycles. The summed E-state index contributed by atoms with van der Waals surface area (Å²) >= 11 is 0. The van der Waals surface area contributed by atoms with Crippen molar-refractivity contribution in [2.75, 3.05) is 0 Å². The quantitative estimate of drug-likeness (QED) is 0.403. The van der Waals surface area contributed by atoms with E-state index in [0.29, 0.717) is 5.39 Å². The minimum atomic E-state index is -0.697. The highest BCUT2D eigenvalue weighted by atomic mass is 16.4. The van der Waals surface area contributed by atoms with Crippen LogP contribution in [0.3, 0.4) is 0 Å². The summed E-state index contributed by atoms with van der Waals surface area (Å²) in [4.78, 5) is 12.0. The van der Waals surface area contributed by atoms with Crippen LogP contribution in [0, 0.1) is 0 Å². The van der Waals surface area contributed by atoms with Crippen molar-refractivity contribution in [2.24, 2.45) is 0 Å². The van der Waals surface area contributed by atoms with E-state index >= 15 is 0 Å². The molecule has 0 saturated carbocycles. The summed E-state index contributed by atoms with van der Waals surface area (Å²) in [7, 11) is 0. The maximum Gasteiger partial charge on any atom is 0.344 e. The molecule has 0 atom stereocenters. The Bertz CT molecular complexity index is 887. The first-order valence-corrected chi connectivity index (χ1v) is 5.98. The number of hydrogen-bond donors (Lipinski definition) is 4. The molecule has 0 unspecified atom stereocenters. The van der Waals surface area contributed by atoms with Gasteiger partial charge in [-0.15, -0.1) is 0 Å². The molecule has 6 nitrogen and oxygen atoms in total. The fraction of sp³-hybridized carbons (Fsp3) is 0. The number of rotatable bonds is 1. The maximum atomic E-state index is 12.0. The van der Waals surface area contributed by atoms with E-state index in [-0.39, 0.29) is 22.5 Å². The van der Waals surface area contributed by atoms with E-state index in [9.17, 15) is 25.2 Å². The minimum absolute atomic E-state index is 0.0293. The monoisotopic (exact) mass is 286 g/mol. The lowest BCUT2D eigenvalue weighted by molar-refractivity contribution is 0.368. The summed E-state index contributed by atoms with van der Waals surface area (Å²) < 4.78 is 5.10. The molecule has 0 aliphatic rings. The second kappa shape index (κ2) is 4.45. The second-order valence-electron chi connectivity index (χ2n) is 4.53. The van der Waals surface area contributed by atoms with Crippen molar-refractivity contribution in [3.05, 3.63) is 46.8 Å². The predicted molar refractivity (Wildman–Crippen MR) is 74.6 cm³/mol. The highest BCUT2D eigenvalue weighted by Crippen LogP contribution is 2.38. The number of phenols is 4. The van der Waals surface area contributed by atoms with E-state index < -0.39 is 22.9 Å². The Morgan fingerprint density at radius 3 is 2.19 bits per heavy atom. The third-order valence-electron chi connectivity index (χ3n) is 3.10. The van der Waals surface area contributed by atoms with Gasteiger partial charge in [-0.25, -0.2) is 4.79 Å². The Labute approximate surface area is 117 Å². The van der Waals surface area contributed by atoms with Crippen molar-refractivity contribution in [1.82, 2.24) is 0 Å². The average molecular weight is 286 g/mol. The summed E-state index contributed by atoms with van der Waals surface area (Å²) in [5.41, 5.74) is -0.168. The predicted octanol–water partition coefficient (Wildman–Crippen LogP) is 2.28. The van der Waals surface area contributed by atoms with Crippen molar-refractivity contribution < 1.29 is 24.8 Å². The van der Waals surface area contributed by atoms with Gasteiger partial charge >= 0.3 is 5.63 Å². The largest absolute Gasteiger partial charge is 0.508 e. The second-order valence-corrected chi connectivity index (χ2v) is 4.53. The van der Waals surface area contributed by atoms with Gasteiger partial charge in [0.15, 0.2) is 17.2 Å².